The van der Waals surface area contributed by atoms with Gasteiger partial charge in [-0.25, -0.2) is 5.10 Å². The molecule has 0 aliphatic heterocycles. The average molecular weight is 449 g/mol. The molecule has 1 amide bonds. The molecule has 0 aliphatic carbocycles. The van der Waals surface area contributed by atoms with Crippen LogP contribution in [0.5, 0.6) is 5.75 Å². The van der Waals surface area contributed by atoms with Crippen LogP contribution in [0.1, 0.15) is 6.92 Å². The van der Waals surface area contributed by atoms with Crippen molar-refractivity contribution >= 4 is 39.1 Å². The van der Waals surface area contributed by atoms with Gasteiger partial charge in [-0.1, -0.05) is 23.7 Å². The highest BCUT2D eigenvalue weighted by Crippen LogP contribution is 2.29. The number of nitrogens with zero attached hydrogens (tertiary/aromatic N) is 1. The van der Waals surface area contributed by atoms with Crippen LogP contribution in [0, 0.1) is 0 Å². The maximum Gasteiger partial charge on any atom is 0.265 e. The van der Waals surface area contributed by atoms with Gasteiger partial charge in [0, 0.05) is 22.3 Å². The molecule has 0 saturated heterocycles. The van der Waals surface area contributed by atoms with Crippen molar-refractivity contribution in [1.29, 1.82) is 0 Å². The number of aromatic amines is 1. The Bertz CT molecular complexity index is 1020. The lowest BCUT2D eigenvalue weighted by Gasteiger charge is -2.16. The number of carbonyl (C=O) groups is 1. The zero-order valence-electron chi connectivity index (χ0n) is 14.2. The zero-order chi connectivity index (χ0) is 19.4. The Morgan fingerprint density at radius 1 is 1.22 bits per heavy atom. The van der Waals surface area contributed by atoms with E-state index in [0.717, 1.165) is 5.56 Å². The average Bonchev–Trinajstić information content (AvgIpc) is 2.64. The van der Waals surface area contributed by atoms with Crippen molar-refractivity contribution in [2.75, 3.05) is 5.32 Å². The Kier molecular flexibility index (Phi) is 5.93. The molecule has 2 N–H and O–H groups in total. The molecular weight excluding hydrogens is 434 g/mol. The summed E-state index contributed by atoms with van der Waals surface area (Å²) in [4.78, 5) is 23.6. The van der Waals surface area contributed by atoms with Crippen molar-refractivity contribution in [3.05, 3.63) is 74.4 Å². The number of anilines is 1. The van der Waals surface area contributed by atoms with E-state index in [2.05, 4.69) is 31.4 Å². The van der Waals surface area contributed by atoms with Crippen LogP contribution < -0.4 is 15.6 Å². The summed E-state index contributed by atoms with van der Waals surface area (Å²) in [5.74, 6) is 0.219. The first kappa shape index (κ1) is 19.1. The minimum absolute atomic E-state index is 0.275. The second kappa shape index (κ2) is 8.37. The van der Waals surface area contributed by atoms with Crippen LogP contribution in [0.25, 0.3) is 11.3 Å². The fourth-order valence-corrected chi connectivity index (χ4v) is 3.10. The van der Waals surface area contributed by atoms with Crippen LogP contribution in [-0.4, -0.2) is 22.2 Å². The van der Waals surface area contributed by atoms with E-state index in [1.54, 1.807) is 49.4 Å². The van der Waals surface area contributed by atoms with Crippen molar-refractivity contribution < 1.29 is 9.53 Å². The summed E-state index contributed by atoms with van der Waals surface area (Å²) in [6.07, 6.45) is -0.725. The maximum atomic E-state index is 12.4. The third-order valence-corrected chi connectivity index (χ3v) is 4.53. The van der Waals surface area contributed by atoms with Gasteiger partial charge in [-0.15, -0.1) is 0 Å². The molecule has 1 atom stereocenters. The summed E-state index contributed by atoms with van der Waals surface area (Å²) >= 11 is 9.27. The molecule has 8 heteroatoms. The highest BCUT2D eigenvalue weighted by Gasteiger charge is 2.16. The first-order chi connectivity index (χ1) is 12.9. The number of halogens is 2. The highest BCUT2D eigenvalue weighted by atomic mass is 79.9. The predicted octanol–water partition coefficient (Wildman–Crippen LogP) is 4.26. The van der Waals surface area contributed by atoms with Gasteiger partial charge in [0.2, 0.25) is 0 Å². The van der Waals surface area contributed by atoms with E-state index < -0.39 is 6.10 Å². The van der Waals surface area contributed by atoms with Crippen LogP contribution in [0.2, 0.25) is 5.02 Å². The fourth-order valence-electron chi connectivity index (χ4n) is 2.32. The Labute approximate surface area is 168 Å². The second-order valence-electron chi connectivity index (χ2n) is 5.71. The van der Waals surface area contributed by atoms with Crippen LogP contribution in [0.4, 0.5) is 5.69 Å². The molecule has 27 heavy (non-hydrogen) atoms. The molecule has 1 unspecified atom stereocenters. The van der Waals surface area contributed by atoms with Gasteiger partial charge in [-0.2, -0.15) is 5.10 Å². The van der Waals surface area contributed by atoms with E-state index in [4.69, 9.17) is 16.3 Å². The van der Waals surface area contributed by atoms with Gasteiger partial charge in [0.05, 0.1) is 10.2 Å². The SMILES string of the molecule is CC(Oc1ccc(Cl)cc1Br)C(=O)Nc1cccc(-c2ccc(=O)[nH]n2)c1. The maximum absolute atomic E-state index is 12.4. The molecule has 0 saturated carbocycles. The topological polar surface area (TPSA) is 84.1 Å². The monoisotopic (exact) mass is 447 g/mol. The molecule has 6 nitrogen and oxygen atoms in total. The lowest BCUT2D eigenvalue weighted by Crippen LogP contribution is -2.30. The van der Waals surface area contributed by atoms with Gasteiger partial charge < -0.3 is 10.1 Å². The van der Waals surface area contributed by atoms with Gasteiger partial charge in [0.25, 0.3) is 11.5 Å². The van der Waals surface area contributed by atoms with Crippen molar-refractivity contribution in [3.63, 3.8) is 0 Å². The quantitative estimate of drug-likeness (QED) is 0.611. The van der Waals surface area contributed by atoms with Crippen LogP contribution >= 0.6 is 27.5 Å². The Balaban J connectivity index is 1.70. The third-order valence-electron chi connectivity index (χ3n) is 3.67. The largest absolute Gasteiger partial charge is 0.480 e. The smallest absolute Gasteiger partial charge is 0.265 e. The molecule has 1 aromatic heterocycles. The summed E-state index contributed by atoms with van der Waals surface area (Å²) in [6, 6.07) is 15.2. The molecule has 3 aromatic rings. The number of amides is 1. The van der Waals surface area contributed by atoms with Crippen molar-refractivity contribution in [2.45, 2.75) is 13.0 Å². The number of H-pyrrole nitrogens is 1. The normalized spacial score (nSPS) is 11.7. The molecular formula is C19H15BrClN3O3. The number of hydrogen-bond donors (Lipinski definition) is 2. The molecule has 0 radical (unpaired) electrons. The van der Waals surface area contributed by atoms with Crippen molar-refractivity contribution in [1.82, 2.24) is 10.2 Å². The van der Waals surface area contributed by atoms with Gasteiger partial charge in [-0.3, -0.25) is 9.59 Å². The van der Waals surface area contributed by atoms with Gasteiger partial charge in [0.15, 0.2) is 6.10 Å². The number of aromatic nitrogens is 2. The highest BCUT2D eigenvalue weighted by molar-refractivity contribution is 9.10. The molecule has 3 rings (SSSR count). The number of benzene rings is 2. The van der Waals surface area contributed by atoms with Crippen molar-refractivity contribution in [2.24, 2.45) is 0 Å². The van der Waals surface area contributed by atoms with Gasteiger partial charge in [-0.05, 0) is 59.3 Å². The zero-order valence-corrected chi connectivity index (χ0v) is 16.5. The number of hydrogen-bond acceptors (Lipinski definition) is 4. The summed E-state index contributed by atoms with van der Waals surface area (Å²) in [7, 11) is 0. The van der Waals surface area contributed by atoms with E-state index in [-0.39, 0.29) is 11.5 Å². The minimum atomic E-state index is -0.725. The number of rotatable bonds is 5. The van der Waals surface area contributed by atoms with Crippen LogP contribution in [0.3, 0.4) is 0 Å². The second-order valence-corrected chi connectivity index (χ2v) is 7.00. The van der Waals surface area contributed by atoms with Crippen molar-refractivity contribution in [3.8, 4) is 17.0 Å². The van der Waals surface area contributed by atoms with E-state index in [0.29, 0.717) is 26.6 Å². The van der Waals surface area contributed by atoms with Crippen LogP contribution in [-0.2, 0) is 4.79 Å². The van der Waals surface area contributed by atoms with Gasteiger partial charge in [0.1, 0.15) is 5.75 Å². The minimum Gasteiger partial charge on any atom is -0.480 e. The Morgan fingerprint density at radius 2 is 2.04 bits per heavy atom. The van der Waals surface area contributed by atoms with E-state index in [9.17, 15) is 9.59 Å². The lowest BCUT2D eigenvalue weighted by atomic mass is 10.1. The molecule has 0 spiro atoms. The molecule has 0 bridgehead atoms. The summed E-state index contributed by atoms with van der Waals surface area (Å²) < 4.78 is 6.36. The first-order valence-electron chi connectivity index (χ1n) is 8.01. The standard InChI is InChI=1S/C19H15BrClN3O3/c1-11(27-17-7-5-13(21)10-15(17)20)19(26)22-14-4-2-3-12(9-14)16-6-8-18(25)24-23-16/h2-11H,1H3,(H,22,26)(H,24,25). The Hall–Kier alpha value is -2.64. The van der Waals surface area contributed by atoms with Gasteiger partial charge >= 0.3 is 0 Å². The summed E-state index contributed by atoms with van der Waals surface area (Å²) in [5.41, 5.74) is 1.68. The Morgan fingerprint density at radius 3 is 2.74 bits per heavy atom. The predicted molar refractivity (Wildman–Crippen MR) is 108 cm³/mol. The van der Waals surface area contributed by atoms with E-state index in [1.165, 1.54) is 6.07 Å². The fraction of sp³-hybridized carbons (Fsp3) is 0.105. The number of ether oxygens (including phenoxy) is 1. The first-order valence-corrected chi connectivity index (χ1v) is 9.18. The molecule has 2 aromatic carbocycles. The summed E-state index contributed by atoms with van der Waals surface area (Å²) in [5, 5.41) is 9.75. The number of carbonyl (C=O) groups excluding carboxylic acids is 1. The molecule has 0 fully saturated rings. The number of nitrogens with one attached hydrogen (secondary N) is 2. The van der Waals surface area contributed by atoms with Crippen LogP contribution in [0.15, 0.2) is 63.9 Å². The summed E-state index contributed by atoms with van der Waals surface area (Å²) in [6.45, 7) is 1.66. The molecule has 1 heterocycles. The van der Waals surface area contributed by atoms with E-state index in [1.807, 2.05) is 6.07 Å². The van der Waals surface area contributed by atoms with E-state index >= 15 is 0 Å². The lowest BCUT2D eigenvalue weighted by molar-refractivity contribution is -0.122. The molecule has 0 aliphatic rings. The third kappa shape index (κ3) is 4.96. The molecule has 138 valence electrons.